The minimum Gasteiger partial charge on any atom is -0.345 e. The Kier molecular flexibility index (Phi) is 8.08. The number of carbonyl (C=O) groups is 2. The van der Waals surface area contributed by atoms with E-state index in [-0.39, 0.29) is 24.1 Å². The number of rotatable bonds is 9. The molecule has 3 aromatic rings. The largest absolute Gasteiger partial charge is 0.345 e. The summed E-state index contributed by atoms with van der Waals surface area (Å²) in [5.41, 5.74) is 3.20. The first kappa shape index (κ1) is 23.6. The van der Waals surface area contributed by atoms with E-state index < -0.39 is 0 Å². The second-order valence-corrected chi connectivity index (χ2v) is 8.53. The van der Waals surface area contributed by atoms with Gasteiger partial charge in [0.25, 0.3) is 5.91 Å². The summed E-state index contributed by atoms with van der Waals surface area (Å²) in [5, 5.41) is 15.2. The summed E-state index contributed by atoms with van der Waals surface area (Å²) in [7, 11) is 0. The molecule has 0 radical (unpaired) electrons. The number of aromatic nitrogens is 3. The molecular formula is C23H24ClN5O2S. The Morgan fingerprint density at radius 2 is 2.00 bits per heavy atom. The van der Waals surface area contributed by atoms with Gasteiger partial charge < -0.3 is 15.2 Å². The third kappa shape index (κ3) is 6.21. The van der Waals surface area contributed by atoms with Gasteiger partial charge in [0.15, 0.2) is 11.0 Å². The highest BCUT2D eigenvalue weighted by Crippen LogP contribution is 2.22. The van der Waals surface area contributed by atoms with Crippen LogP contribution in [0.1, 0.15) is 27.3 Å². The molecule has 0 saturated carbocycles. The molecule has 7 nitrogen and oxygen atoms in total. The molecule has 0 saturated heterocycles. The van der Waals surface area contributed by atoms with Crippen molar-refractivity contribution in [2.75, 3.05) is 11.1 Å². The lowest BCUT2D eigenvalue weighted by molar-refractivity contribution is -0.113. The number of aryl methyl sites for hydroxylation is 2. The summed E-state index contributed by atoms with van der Waals surface area (Å²) in [6.07, 6.45) is 1.72. The first-order valence-electron chi connectivity index (χ1n) is 9.94. The first-order valence-corrected chi connectivity index (χ1v) is 11.3. The molecule has 3 rings (SSSR count). The predicted molar refractivity (Wildman–Crippen MR) is 128 cm³/mol. The van der Waals surface area contributed by atoms with Crippen molar-refractivity contribution in [1.82, 2.24) is 20.1 Å². The van der Waals surface area contributed by atoms with Gasteiger partial charge in [-0.05, 0) is 43.7 Å². The van der Waals surface area contributed by atoms with Gasteiger partial charge in [0.1, 0.15) is 0 Å². The Labute approximate surface area is 196 Å². The Bertz CT molecular complexity index is 1150. The lowest BCUT2D eigenvalue weighted by Crippen LogP contribution is -2.25. The molecule has 0 unspecified atom stereocenters. The average Bonchev–Trinajstić information content (AvgIpc) is 3.15. The van der Waals surface area contributed by atoms with Crippen LogP contribution in [0.15, 0.2) is 60.3 Å². The second kappa shape index (κ2) is 11.0. The summed E-state index contributed by atoms with van der Waals surface area (Å²) >= 11 is 7.27. The maximum atomic E-state index is 12.4. The van der Waals surface area contributed by atoms with Crippen molar-refractivity contribution >= 4 is 40.9 Å². The number of hydrogen-bond acceptors (Lipinski definition) is 5. The zero-order valence-electron chi connectivity index (χ0n) is 17.9. The van der Waals surface area contributed by atoms with Gasteiger partial charge >= 0.3 is 0 Å². The molecule has 0 fully saturated rings. The zero-order chi connectivity index (χ0) is 23.1. The minimum atomic E-state index is -0.188. The van der Waals surface area contributed by atoms with Crippen LogP contribution in [0.4, 0.5) is 5.69 Å². The highest BCUT2D eigenvalue weighted by molar-refractivity contribution is 7.99. The number of benzene rings is 2. The fourth-order valence-corrected chi connectivity index (χ4v) is 3.90. The maximum absolute atomic E-state index is 12.4. The summed E-state index contributed by atoms with van der Waals surface area (Å²) in [5.74, 6) is 0.367. The maximum Gasteiger partial charge on any atom is 0.251 e. The Balaban J connectivity index is 1.62. The highest BCUT2D eigenvalue weighted by Gasteiger charge is 2.15. The number of carbonyl (C=O) groups excluding carboxylic acids is 2. The third-order valence-electron chi connectivity index (χ3n) is 4.60. The molecule has 0 aliphatic carbocycles. The van der Waals surface area contributed by atoms with Crippen molar-refractivity contribution in [3.63, 3.8) is 0 Å². The van der Waals surface area contributed by atoms with Gasteiger partial charge in [-0.3, -0.25) is 9.59 Å². The van der Waals surface area contributed by atoms with Crippen LogP contribution >= 0.6 is 23.4 Å². The summed E-state index contributed by atoms with van der Waals surface area (Å²) in [6, 6.07) is 12.7. The molecular weight excluding hydrogens is 446 g/mol. The molecule has 166 valence electrons. The van der Waals surface area contributed by atoms with Crippen molar-refractivity contribution in [1.29, 1.82) is 0 Å². The van der Waals surface area contributed by atoms with Gasteiger partial charge in [-0.15, -0.1) is 16.8 Å². The number of allylic oxidation sites excluding steroid dienone is 1. The van der Waals surface area contributed by atoms with Gasteiger partial charge in [0, 0.05) is 22.8 Å². The lowest BCUT2D eigenvalue weighted by atomic mass is 10.1. The molecule has 9 heteroatoms. The van der Waals surface area contributed by atoms with Crippen LogP contribution < -0.4 is 10.6 Å². The van der Waals surface area contributed by atoms with Crippen LogP contribution in [0.3, 0.4) is 0 Å². The number of nitrogens with zero attached hydrogens (tertiary/aromatic N) is 3. The van der Waals surface area contributed by atoms with Crippen molar-refractivity contribution in [2.24, 2.45) is 0 Å². The van der Waals surface area contributed by atoms with Gasteiger partial charge in [-0.1, -0.05) is 53.2 Å². The van der Waals surface area contributed by atoms with Crippen molar-refractivity contribution in [3.8, 4) is 0 Å². The predicted octanol–water partition coefficient (Wildman–Crippen LogP) is 4.40. The third-order valence-corrected chi connectivity index (χ3v) is 5.80. The van der Waals surface area contributed by atoms with E-state index in [9.17, 15) is 9.59 Å². The smallest absolute Gasteiger partial charge is 0.251 e. The Hall–Kier alpha value is -3.10. The SMILES string of the molecule is C=CCn1c(CNC(=O)c2cccc(C)c2)nnc1SCC(=O)Nc1cc(Cl)ccc1C. The minimum absolute atomic E-state index is 0.150. The molecule has 1 aromatic heterocycles. The summed E-state index contributed by atoms with van der Waals surface area (Å²) in [6.45, 7) is 8.28. The first-order chi connectivity index (χ1) is 15.4. The summed E-state index contributed by atoms with van der Waals surface area (Å²) in [4.78, 5) is 24.8. The standard InChI is InChI=1S/C23H24ClN5O2S/c1-4-10-29-20(13-25-22(31)17-7-5-6-15(2)11-17)27-28-23(29)32-14-21(30)26-19-12-18(24)9-8-16(19)3/h4-9,11-12H,1,10,13-14H2,2-3H3,(H,25,31)(H,26,30). The molecule has 32 heavy (non-hydrogen) atoms. The second-order valence-electron chi connectivity index (χ2n) is 7.15. The normalized spacial score (nSPS) is 10.6. The number of hydrogen-bond donors (Lipinski definition) is 2. The van der Waals surface area contributed by atoms with E-state index in [1.807, 2.05) is 42.7 Å². The zero-order valence-corrected chi connectivity index (χ0v) is 19.5. The lowest BCUT2D eigenvalue weighted by Gasteiger charge is -2.10. The van der Waals surface area contributed by atoms with Gasteiger partial charge in [-0.25, -0.2) is 0 Å². The summed E-state index contributed by atoms with van der Waals surface area (Å²) < 4.78 is 1.83. The fraction of sp³-hybridized carbons (Fsp3) is 0.217. The van der Waals surface area contributed by atoms with E-state index in [1.54, 1.807) is 24.3 Å². The van der Waals surface area contributed by atoms with Crippen molar-refractivity contribution in [2.45, 2.75) is 32.1 Å². The number of nitrogens with one attached hydrogen (secondary N) is 2. The van der Waals surface area contributed by atoms with E-state index in [1.165, 1.54) is 11.8 Å². The molecule has 1 heterocycles. The van der Waals surface area contributed by atoms with Crippen LogP contribution in [-0.2, 0) is 17.9 Å². The Morgan fingerprint density at radius 3 is 2.75 bits per heavy atom. The highest BCUT2D eigenvalue weighted by atomic mass is 35.5. The fourth-order valence-electron chi connectivity index (χ4n) is 2.96. The van der Waals surface area contributed by atoms with Crippen LogP contribution in [0, 0.1) is 13.8 Å². The molecule has 2 aromatic carbocycles. The van der Waals surface area contributed by atoms with Crippen LogP contribution in [0.25, 0.3) is 0 Å². The van der Waals surface area contributed by atoms with Gasteiger partial charge in [0.2, 0.25) is 5.91 Å². The van der Waals surface area contributed by atoms with E-state index in [0.29, 0.717) is 33.8 Å². The molecule has 0 aliphatic heterocycles. The van der Waals surface area contributed by atoms with Gasteiger partial charge in [0.05, 0.1) is 12.3 Å². The van der Waals surface area contributed by atoms with Crippen LogP contribution in [-0.4, -0.2) is 32.3 Å². The molecule has 2 amide bonds. The molecule has 0 aliphatic rings. The number of halogens is 1. The topological polar surface area (TPSA) is 88.9 Å². The van der Waals surface area contributed by atoms with Gasteiger partial charge in [-0.2, -0.15) is 0 Å². The van der Waals surface area contributed by atoms with Crippen molar-refractivity contribution in [3.05, 3.63) is 82.7 Å². The number of anilines is 1. The van der Waals surface area contributed by atoms with Crippen LogP contribution in [0.2, 0.25) is 5.02 Å². The number of thioether (sulfide) groups is 1. The van der Waals surface area contributed by atoms with E-state index in [4.69, 9.17) is 11.6 Å². The Morgan fingerprint density at radius 1 is 1.19 bits per heavy atom. The average molecular weight is 470 g/mol. The van der Waals surface area contributed by atoms with E-state index in [2.05, 4.69) is 27.4 Å². The quantitative estimate of drug-likeness (QED) is 0.358. The molecule has 2 N–H and O–H groups in total. The number of amides is 2. The van der Waals surface area contributed by atoms with E-state index >= 15 is 0 Å². The van der Waals surface area contributed by atoms with Crippen molar-refractivity contribution < 1.29 is 9.59 Å². The monoisotopic (exact) mass is 469 g/mol. The van der Waals surface area contributed by atoms with Crippen LogP contribution in [0.5, 0.6) is 0 Å². The molecule has 0 atom stereocenters. The van der Waals surface area contributed by atoms with E-state index in [0.717, 1.165) is 11.1 Å². The molecule has 0 bridgehead atoms. The molecule has 0 spiro atoms.